The highest BCUT2D eigenvalue weighted by atomic mass is 32.1. The van der Waals surface area contributed by atoms with Gasteiger partial charge in [-0.05, 0) is 71.2 Å². The molecule has 0 aliphatic heterocycles. The van der Waals surface area contributed by atoms with Crippen LogP contribution in [-0.4, -0.2) is 86.8 Å². The molecule has 268 valence electrons. The first-order valence-electron chi connectivity index (χ1n) is 15.5. The summed E-state index contributed by atoms with van der Waals surface area (Å²) in [4.78, 5) is 24.5. The van der Waals surface area contributed by atoms with Crippen molar-refractivity contribution in [3.05, 3.63) is 0 Å². The molecule has 7 nitrogen and oxygen atoms in total. The van der Waals surface area contributed by atoms with Crippen LogP contribution in [-0.2, 0) is 9.59 Å². The number of amides is 2. The summed E-state index contributed by atoms with van der Waals surface area (Å²) in [6.45, 7) is 4.65. The van der Waals surface area contributed by atoms with E-state index >= 15 is 0 Å². The first-order valence-corrected chi connectivity index (χ1v) is 16.2. The SMILES string of the molecule is NCCCNCCCCNCCCNC(=O)[C@H](CS)NC(=O)CCCCCCCCCCC(F)(F)C(F)(F)C(F)(F)C(F)(F)F. The molecule has 0 aromatic carbocycles. The van der Waals surface area contributed by atoms with E-state index in [1.54, 1.807) is 0 Å². The van der Waals surface area contributed by atoms with Gasteiger partial charge in [0.1, 0.15) is 6.04 Å². The van der Waals surface area contributed by atoms with Crippen molar-refractivity contribution in [1.29, 1.82) is 0 Å². The lowest BCUT2D eigenvalue weighted by Crippen LogP contribution is -2.60. The third kappa shape index (κ3) is 17.3. The second-order valence-corrected chi connectivity index (χ2v) is 11.3. The summed E-state index contributed by atoms with van der Waals surface area (Å²) in [5.74, 6) is -19.4. The Morgan fingerprint density at radius 3 is 1.62 bits per heavy atom. The average Bonchev–Trinajstić information content (AvgIpc) is 2.96. The van der Waals surface area contributed by atoms with Gasteiger partial charge >= 0.3 is 23.9 Å². The predicted octanol–water partition coefficient (Wildman–Crippen LogP) is 5.58. The number of hydrogen-bond donors (Lipinski definition) is 6. The van der Waals surface area contributed by atoms with Gasteiger partial charge in [0, 0.05) is 25.1 Å². The molecular formula is C28H50F9N5O2S. The summed E-state index contributed by atoms with van der Waals surface area (Å²) in [5, 5.41) is 12.1. The number of hydrogen-bond acceptors (Lipinski definition) is 6. The number of alkyl halides is 9. The molecule has 0 bridgehead atoms. The van der Waals surface area contributed by atoms with Crippen LogP contribution in [0, 0.1) is 0 Å². The molecule has 0 aliphatic carbocycles. The van der Waals surface area contributed by atoms with E-state index in [1.807, 2.05) is 0 Å². The molecule has 0 aliphatic rings. The van der Waals surface area contributed by atoms with E-state index in [0.29, 0.717) is 51.6 Å². The fourth-order valence-electron chi connectivity index (χ4n) is 4.24. The maximum atomic E-state index is 13.5. The zero-order chi connectivity index (χ0) is 34.4. The molecule has 0 unspecified atom stereocenters. The van der Waals surface area contributed by atoms with Gasteiger partial charge in [0.15, 0.2) is 0 Å². The molecule has 0 radical (unpaired) electrons. The molecule has 1 atom stereocenters. The number of halogens is 9. The normalized spacial score (nSPS) is 13.6. The van der Waals surface area contributed by atoms with Gasteiger partial charge < -0.3 is 27.0 Å². The van der Waals surface area contributed by atoms with Crippen molar-refractivity contribution in [2.75, 3.05) is 45.0 Å². The largest absolute Gasteiger partial charge is 0.460 e. The van der Waals surface area contributed by atoms with E-state index < -0.39 is 42.8 Å². The zero-order valence-corrected chi connectivity index (χ0v) is 26.6. The number of rotatable bonds is 28. The van der Waals surface area contributed by atoms with Crippen molar-refractivity contribution < 1.29 is 49.1 Å². The molecule has 0 fully saturated rings. The Hall–Kier alpha value is -1.46. The molecule has 0 spiro atoms. The molecule has 45 heavy (non-hydrogen) atoms. The van der Waals surface area contributed by atoms with Crippen LogP contribution in [0.15, 0.2) is 0 Å². The molecule has 2 amide bonds. The molecule has 0 saturated carbocycles. The zero-order valence-electron chi connectivity index (χ0n) is 25.7. The highest BCUT2D eigenvalue weighted by Gasteiger charge is 2.81. The summed E-state index contributed by atoms with van der Waals surface area (Å²) in [6.07, 6.45) is -1.99. The van der Waals surface area contributed by atoms with Crippen molar-refractivity contribution in [2.45, 2.75) is 120 Å². The Morgan fingerprint density at radius 2 is 1.11 bits per heavy atom. The molecule has 0 aromatic heterocycles. The standard InChI is InChI=1S/C28H50F9N5O2S/c29-25(30,26(31,32)27(33,34)28(35,36)37)14-8-6-4-2-1-3-5-7-13-23(43)42-22(21-45)24(44)41-20-12-19-40-17-10-9-16-39-18-11-15-38/h22,39-40,45H,1-21,38H2,(H,41,44)(H,42,43)/t22-/m0/s1. The van der Waals surface area contributed by atoms with Gasteiger partial charge in [-0.25, -0.2) is 0 Å². The van der Waals surface area contributed by atoms with E-state index in [-0.39, 0.29) is 30.4 Å². The van der Waals surface area contributed by atoms with Gasteiger partial charge in [-0.15, -0.1) is 0 Å². The quantitative estimate of drug-likeness (QED) is 0.0365. The van der Waals surface area contributed by atoms with Crippen LogP contribution in [0.4, 0.5) is 39.5 Å². The van der Waals surface area contributed by atoms with Gasteiger partial charge in [-0.3, -0.25) is 9.59 Å². The Labute approximate surface area is 265 Å². The lowest BCUT2D eigenvalue weighted by atomic mass is 9.97. The van der Waals surface area contributed by atoms with Crippen molar-refractivity contribution in [2.24, 2.45) is 5.73 Å². The minimum absolute atomic E-state index is 0.0381. The summed E-state index contributed by atoms with van der Waals surface area (Å²) in [6, 6.07) is -0.771. The van der Waals surface area contributed by atoms with Crippen LogP contribution < -0.4 is 27.0 Å². The van der Waals surface area contributed by atoms with Gasteiger partial charge in [0.25, 0.3) is 0 Å². The molecule has 0 rings (SSSR count). The smallest absolute Gasteiger partial charge is 0.354 e. The summed E-state index contributed by atoms with van der Waals surface area (Å²) < 4.78 is 116. The highest BCUT2D eigenvalue weighted by molar-refractivity contribution is 7.80. The fraction of sp³-hybridized carbons (Fsp3) is 0.929. The minimum atomic E-state index is -6.85. The Balaban J connectivity index is 3.93. The van der Waals surface area contributed by atoms with Crippen LogP contribution in [0.5, 0.6) is 0 Å². The van der Waals surface area contributed by atoms with Gasteiger partial charge in [0.2, 0.25) is 11.8 Å². The summed E-state index contributed by atoms with van der Waals surface area (Å²) >= 11 is 4.14. The third-order valence-electron chi connectivity index (χ3n) is 7.03. The van der Waals surface area contributed by atoms with Crippen LogP contribution in [0.3, 0.4) is 0 Å². The van der Waals surface area contributed by atoms with E-state index in [1.165, 1.54) is 0 Å². The van der Waals surface area contributed by atoms with E-state index in [2.05, 4.69) is 33.9 Å². The van der Waals surface area contributed by atoms with Crippen molar-refractivity contribution in [3.8, 4) is 0 Å². The molecule has 0 aromatic rings. The maximum absolute atomic E-state index is 13.5. The number of nitrogens with one attached hydrogen (secondary N) is 4. The first-order chi connectivity index (χ1) is 21.0. The van der Waals surface area contributed by atoms with E-state index in [9.17, 15) is 49.1 Å². The fourth-order valence-corrected chi connectivity index (χ4v) is 4.50. The van der Waals surface area contributed by atoms with E-state index in [4.69, 9.17) is 5.73 Å². The van der Waals surface area contributed by atoms with Crippen molar-refractivity contribution in [3.63, 3.8) is 0 Å². The van der Waals surface area contributed by atoms with Gasteiger partial charge in [-0.2, -0.15) is 52.1 Å². The van der Waals surface area contributed by atoms with Crippen molar-refractivity contribution >= 4 is 24.4 Å². The summed E-state index contributed by atoms with van der Waals surface area (Å²) in [5.41, 5.74) is 5.43. The lowest BCUT2D eigenvalue weighted by Gasteiger charge is -2.33. The highest BCUT2D eigenvalue weighted by Crippen LogP contribution is 2.54. The number of nitrogens with two attached hydrogens (primary N) is 1. The van der Waals surface area contributed by atoms with Crippen molar-refractivity contribution in [1.82, 2.24) is 21.3 Å². The topological polar surface area (TPSA) is 108 Å². The van der Waals surface area contributed by atoms with E-state index in [0.717, 1.165) is 51.9 Å². The second kappa shape index (κ2) is 23.0. The number of carbonyl (C=O) groups is 2. The third-order valence-corrected chi connectivity index (χ3v) is 7.40. The number of thiol groups is 1. The lowest BCUT2D eigenvalue weighted by molar-refractivity contribution is -0.396. The maximum Gasteiger partial charge on any atom is 0.460 e. The van der Waals surface area contributed by atoms with Crippen LogP contribution in [0.2, 0.25) is 0 Å². The van der Waals surface area contributed by atoms with Crippen LogP contribution in [0.1, 0.15) is 89.9 Å². The molecule has 6 N–H and O–H groups in total. The first kappa shape index (κ1) is 43.5. The summed E-state index contributed by atoms with van der Waals surface area (Å²) in [7, 11) is 0. The number of carbonyl (C=O) groups excluding carboxylic acids is 2. The van der Waals surface area contributed by atoms with Gasteiger partial charge in [0.05, 0.1) is 0 Å². The Bertz CT molecular complexity index is 809. The van der Waals surface area contributed by atoms with Gasteiger partial charge in [-0.1, -0.05) is 38.5 Å². The molecule has 0 heterocycles. The molecule has 17 heteroatoms. The average molecular weight is 692 g/mol. The monoisotopic (exact) mass is 691 g/mol. The number of unbranched alkanes of at least 4 members (excludes halogenated alkanes) is 8. The molecule has 0 saturated heterocycles. The Morgan fingerprint density at radius 1 is 0.622 bits per heavy atom. The molecular weight excluding hydrogens is 641 g/mol. The predicted molar refractivity (Wildman–Crippen MR) is 159 cm³/mol. The van der Waals surface area contributed by atoms with Crippen LogP contribution >= 0.6 is 12.6 Å². The minimum Gasteiger partial charge on any atom is -0.354 e. The van der Waals surface area contributed by atoms with Crippen LogP contribution in [0.25, 0.3) is 0 Å². The Kier molecular flexibility index (Phi) is 22.2. The second-order valence-electron chi connectivity index (χ2n) is 11.0.